The summed E-state index contributed by atoms with van der Waals surface area (Å²) < 4.78 is 0. The number of aromatic nitrogens is 2. The first-order chi connectivity index (χ1) is 12.0. The van der Waals surface area contributed by atoms with Crippen molar-refractivity contribution in [2.45, 2.75) is 45.7 Å². The lowest BCUT2D eigenvalue weighted by Crippen LogP contribution is -2.31. The molecule has 0 aliphatic carbocycles. The molecule has 4 rings (SSSR count). The third kappa shape index (κ3) is 3.11. The third-order valence-corrected chi connectivity index (χ3v) is 6.48. The average molecular weight is 359 g/mol. The summed E-state index contributed by atoms with van der Waals surface area (Å²) in [6, 6.07) is -0.178. The SMILES string of the molecule is Cc1sc2nc(CN3CCCC3)nc(NC3CCN(C)C3=O)c2c1C. The molecule has 134 valence electrons. The summed E-state index contributed by atoms with van der Waals surface area (Å²) in [4.78, 5) is 28.5. The van der Waals surface area contributed by atoms with E-state index in [1.54, 1.807) is 16.2 Å². The number of aryl methyl sites for hydroxylation is 2. The van der Waals surface area contributed by atoms with Crippen LogP contribution in [0.5, 0.6) is 0 Å². The summed E-state index contributed by atoms with van der Waals surface area (Å²) in [5, 5.41) is 4.51. The quantitative estimate of drug-likeness (QED) is 0.909. The van der Waals surface area contributed by atoms with Crippen molar-refractivity contribution >= 4 is 33.3 Å². The van der Waals surface area contributed by atoms with Crippen LogP contribution in [0.15, 0.2) is 0 Å². The molecule has 25 heavy (non-hydrogen) atoms. The number of rotatable bonds is 4. The predicted molar refractivity (Wildman–Crippen MR) is 101 cm³/mol. The second-order valence-electron chi connectivity index (χ2n) is 7.18. The Morgan fingerprint density at radius 3 is 2.64 bits per heavy atom. The molecule has 2 saturated heterocycles. The highest BCUT2D eigenvalue weighted by Crippen LogP contribution is 2.34. The number of thiophene rings is 1. The summed E-state index contributed by atoms with van der Waals surface area (Å²) >= 11 is 1.72. The molecule has 2 aliphatic heterocycles. The van der Waals surface area contributed by atoms with E-state index >= 15 is 0 Å². The fraction of sp³-hybridized carbons (Fsp3) is 0.611. The standard InChI is InChI=1S/C18H25N5OS/c1-11-12(2)25-17-15(11)16(19-13-6-9-22(3)18(13)24)20-14(21-17)10-23-7-4-5-8-23/h13H,4-10H2,1-3H3,(H,19,20,21). The van der Waals surface area contributed by atoms with Crippen LogP contribution in [-0.4, -0.2) is 58.4 Å². The zero-order chi connectivity index (χ0) is 17.6. The van der Waals surface area contributed by atoms with Gasteiger partial charge in [-0.2, -0.15) is 0 Å². The fourth-order valence-electron chi connectivity index (χ4n) is 3.73. The molecule has 1 atom stereocenters. The number of carbonyl (C=O) groups excluding carboxylic acids is 1. The number of nitrogens with one attached hydrogen (secondary N) is 1. The largest absolute Gasteiger partial charge is 0.358 e. The topological polar surface area (TPSA) is 61.4 Å². The van der Waals surface area contributed by atoms with Crippen LogP contribution >= 0.6 is 11.3 Å². The van der Waals surface area contributed by atoms with E-state index in [1.165, 1.54) is 23.3 Å². The van der Waals surface area contributed by atoms with Gasteiger partial charge in [0.2, 0.25) is 5.91 Å². The van der Waals surface area contributed by atoms with Crippen LogP contribution in [-0.2, 0) is 11.3 Å². The second-order valence-corrected chi connectivity index (χ2v) is 8.38. The van der Waals surface area contributed by atoms with Crippen molar-refractivity contribution in [3.05, 3.63) is 16.3 Å². The molecular weight excluding hydrogens is 334 g/mol. The van der Waals surface area contributed by atoms with Gasteiger partial charge in [0.1, 0.15) is 22.5 Å². The Morgan fingerprint density at radius 1 is 1.20 bits per heavy atom. The summed E-state index contributed by atoms with van der Waals surface area (Å²) in [7, 11) is 1.86. The van der Waals surface area contributed by atoms with Gasteiger partial charge in [0.05, 0.1) is 11.9 Å². The zero-order valence-corrected chi connectivity index (χ0v) is 15.9. The van der Waals surface area contributed by atoms with Gasteiger partial charge in [-0.05, 0) is 51.8 Å². The van der Waals surface area contributed by atoms with Gasteiger partial charge in [-0.25, -0.2) is 9.97 Å². The fourth-order valence-corrected chi connectivity index (χ4v) is 4.78. The Balaban J connectivity index is 1.70. The number of likely N-dealkylation sites (tertiary alicyclic amines) is 2. The summed E-state index contributed by atoms with van der Waals surface area (Å²) in [5.41, 5.74) is 1.22. The van der Waals surface area contributed by atoms with Gasteiger partial charge < -0.3 is 10.2 Å². The lowest BCUT2D eigenvalue weighted by Gasteiger charge is -2.17. The number of likely N-dealkylation sites (N-methyl/N-ethyl adjacent to an activating group) is 1. The number of fused-ring (bicyclic) bond motifs is 1. The maximum atomic E-state index is 12.3. The molecular formula is C18H25N5OS. The highest BCUT2D eigenvalue weighted by molar-refractivity contribution is 7.18. The lowest BCUT2D eigenvalue weighted by atomic mass is 10.2. The van der Waals surface area contributed by atoms with Gasteiger partial charge in [0.15, 0.2) is 0 Å². The zero-order valence-electron chi connectivity index (χ0n) is 15.1. The number of hydrogen-bond donors (Lipinski definition) is 1. The minimum Gasteiger partial charge on any atom is -0.358 e. The Hall–Kier alpha value is -1.73. The Kier molecular flexibility index (Phi) is 4.37. The molecule has 0 spiro atoms. The number of nitrogens with zero attached hydrogens (tertiary/aromatic N) is 4. The molecule has 2 fully saturated rings. The molecule has 0 aromatic carbocycles. The summed E-state index contributed by atoms with van der Waals surface area (Å²) in [5.74, 6) is 1.84. The molecule has 0 radical (unpaired) electrons. The van der Waals surface area contributed by atoms with Crippen LogP contribution in [0.2, 0.25) is 0 Å². The number of carbonyl (C=O) groups is 1. The van der Waals surface area contributed by atoms with Crippen LogP contribution in [0, 0.1) is 13.8 Å². The van der Waals surface area contributed by atoms with Crippen molar-refractivity contribution in [1.82, 2.24) is 19.8 Å². The van der Waals surface area contributed by atoms with E-state index in [2.05, 4.69) is 24.1 Å². The number of hydrogen-bond acceptors (Lipinski definition) is 6. The molecule has 1 amide bonds. The van der Waals surface area contributed by atoms with Gasteiger partial charge in [-0.1, -0.05) is 0 Å². The molecule has 1 unspecified atom stereocenters. The van der Waals surface area contributed by atoms with Crippen LogP contribution in [0.1, 0.15) is 35.5 Å². The van der Waals surface area contributed by atoms with Gasteiger partial charge in [-0.15, -0.1) is 11.3 Å². The lowest BCUT2D eigenvalue weighted by molar-refractivity contribution is -0.127. The summed E-state index contributed by atoms with van der Waals surface area (Å²) in [6.45, 7) is 8.08. The van der Waals surface area contributed by atoms with Gasteiger partial charge in [0, 0.05) is 18.5 Å². The Labute approximate surface area is 152 Å². The number of anilines is 1. The minimum absolute atomic E-state index is 0.150. The van der Waals surface area contributed by atoms with Crippen molar-refractivity contribution in [2.75, 3.05) is 32.0 Å². The van der Waals surface area contributed by atoms with E-state index in [4.69, 9.17) is 9.97 Å². The van der Waals surface area contributed by atoms with E-state index in [-0.39, 0.29) is 11.9 Å². The Bertz CT molecular complexity index is 811. The van der Waals surface area contributed by atoms with Crippen LogP contribution in [0.3, 0.4) is 0 Å². The van der Waals surface area contributed by atoms with Crippen molar-refractivity contribution in [3.8, 4) is 0 Å². The van der Waals surface area contributed by atoms with Crippen molar-refractivity contribution < 1.29 is 4.79 Å². The molecule has 6 nitrogen and oxygen atoms in total. The second kappa shape index (κ2) is 6.53. The third-order valence-electron chi connectivity index (χ3n) is 5.38. The maximum absolute atomic E-state index is 12.3. The van der Waals surface area contributed by atoms with Crippen LogP contribution in [0.4, 0.5) is 5.82 Å². The first kappa shape index (κ1) is 16.7. The minimum atomic E-state index is -0.178. The maximum Gasteiger partial charge on any atom is 0.244 e. The van der Waals surface area contributed by atoms with E-state index in [0.717, 1.165) is 54.5 Å². The first-order valence-electron chi connectivity index (χ1n) is 9.03. The normalized spacial score (nSPS) is 21.6. The van der Waals surface area contributed by atoms with Gasteiger partial charge >= 0.3 is 0 Å². The highest BCUT2D eigenvalue weighted by atomic mass is 32.1. The van der Waals surface area contributed by atoms with Crippen molar-refractivity contribution in [1.29, 1.82) is 0 Å². The van der Waals surface area contributed by atoms with Crippen LogP contribution < -0.4 is 5.32 Å². The van der Waals surface area contributed by atoms with Crippen LogP contribution in [0.25, 0.3) is 10.2 Å². The van der Waals surface area contributed by atoms with Crippen molar-refractivity contribution in [3.63, 3.8) is 0 Å². The van der Waals surface area contributed by atoms with E-state index < -0.39 is 0 Å². The summed E-state index contributed by atoms with van der Waals surface area (Å²) in [6.07, 6.45) is 3.34. The van der Waals surface area contributed by atoms with Gasteiger partial charge in [-0.3, -0.25) is 9.69 Å². The molecule has 0 saturated carbocycles. The highest BCUT2D eigenvalue weighted by Gasteiger charge is 2.30. The Morgan fingerprint density at radius 2 is 1.96 bits per heavy atom. The molecule has 2 aromatic rings. The molecule has 1 N–H and O–H groups in total. The molecule has 4 heterocycles. The molecule has 2 aromatic heterocycles. The first-order valence-corrected chi connectivity index (χ1v) is 9.85. The van der Waals surface area contributed by atoms with E-state index in [0.29, 0.717) is 0 Å². The molecule has 2 aliphatic rings. The smallest absolute Gasteiger partial charge is 0.244 e. The predicted octanol–water partition coefficient (Wildman–Crippen LogP) is 2.55. The average Bonchev–Trinajstić information content (AvgIpc) is 3.26. The van der Waals surface area contributed by atoms with Gasteiger partial charge in [0.25, 0.3) is 0 Å². The van der Waals surface area contributed by atoms with E-state index in [9.17, 15) is 4.79 Å². The number of amides is 1. The van der Waals surface area contributed by atoms with Crippen molar-refractivity contribution in [2.24, 2.45) is 0 Å². The molecule has 0 bridgehead atoms. The monoisotopic (exact) mass is 359 g/mol. The van der Waals surface area contributed by atoms with E-state index in [1.807, 2.05) is 7.05 Å². The molecule has 7 heteroatoms.